The second kappa shape index (κ2) is 3.61. The smallest absolute Gasteiger partial charge is 0.174 e. The van der Waals surface area contributed by atoms with E-state index in [1.54, 1.807) is 11.0 Å². The van der Waals surface area contributed by atoms with Crippen molar-refractivity contribution in [1.82, 2.24) is 4.90 Å². The molecule has 1 aromatic rings. The quantitative estimate of drug-likeness (QED) is 0.788. The lowest BCUT2D eigenvalue weighted by Gasteiger charge is -2.57. The Labute approximate surface area is 127 Å². The number of carbonyl (C=O) groups is 1. The van der Waals surface area contributed by atoms with E-state index in [4.69, 9.17) is 8.85 Å². The summed E-state index contributed by atoms with van der Waals surface area (Å²) in [5.74, 6) is 0.708. The van der Waals surface area contributed by atoms with Gasteiger partial charge in [-0.25, -0.2) is 0 Å². The standard InChI is InChI=1S/C17H19NO3/c1-18-7-6-17-10-3-5-13(20)16(17)21-15-12(19)4-2-9(14(15)17)8-11(10)18/h2,4,10-11,16,19H,3,5-8H2,1H3/t10-,11+,16-,17-/m0/s1/i1D3. The first-order chi connectivity index (χ1) is 11.3. The number of aromatic hydroxyl groups is 1. The number of phenols is 1. The highest BCUT2D eigenvalue weighted by Gasteiger charge is 2.65. The predicted octanol–water partition coefficient (Wildman–Crippen LogP) is 1.63. The van der Waals surface area contributed by atoms with Crippen molar-refractivity contribution in [3.05, 3.63) is 23.3 Å². The van der Waals surface area contributed by atoms with Crippen LogP contribution in [0.25, 0.3) is 0 Å². The summed E-state index contributed by atoms with van der Waals surface area (Å²) >= 11 is 0. The number of hydrogen-bond donors (Lipinski definition) is 1. The largest absolute Gasteiger partial charge is 0.504 e. The van der Waals surface area contributed by atoms with E-state index in [1.807, 2.05) is 6.07 Å². The summed E-state index contributed by atoms with van der Waals surface area (Å²) < 4.78 is 29.7. The van der Waals surface area contributed by atoms with E-state index >= 15 is 0 Å². The van der Waals surface area contributed by atoms with Gasteiger partial charge in [-0.15, -0.1) is 0 Å². The van der Waals surface area contributed by atoms with Gasteiger partial charge in [0.1, 0.15) is 0 Å². The fraction of sp³-hybridized carbons (Fsp3) is 0.588. The van der Waals surface area contributed by atoms with Crippen molar-refractivity contribution in [1.29, 1.82) is 0 Å². The zero-order valence-corrected chi connectivity index (χ0v) is 11.6. The molecule has 4 nitrogen and oxygen atoms in total. The van der Waals surface area contributed by atoms with Gasteiger partial charge in [0.25, 0.3) is 0 Å². The lowest BCUT2D eigenvalue weighted by molar-refractivity contribution is -0.138. The number of piperidine rings is 1. The molecule has 1 spiro atoms. The van der Waals surface area contributed by atoms with Crippen LogP contribution in [0.4, 0.5) is 0 Å². The summed E-state index contributed by atoms with van der Waals surface area (Å²) in [6.45, 7) is -1.70. The van der Waals surface area contributed by atoms with Crippen molar-refractivity contribution in [2.75, 3.05) is 13.5 Å². The van der Waals surface area contributed by atoms with E-state index in [-0.39, 0.29) is 23.5 Å². The van der Waals surface area contributed by atoms with Crippen LogP contribution in [-0.4, -0.2) is 41.5 Å². The third-order valence-electron chi connectivity index (χ3n) is 6.11. The molecule has 4 aliphatic rings. The Morgan fingerprint density at radius 1 is 1.52 bits per heavy atom. The number of hydrogen-bond acceptors (Lipinski definition) is 4. The van der Waals surface area contributed by atoms with E-state index < -0.39 is 18.5 Å². The van der Waals surface area contributed by atoms with Gasteiger partial charge in [0, 0.05) is 27.6 Å². The molecule has 1 aromatic carbocycles. The highest BCUT2D eigenvalue weighted by atomic mass is 16.5. The van der Waals surface area contributed by atoms with E-state index in [9.17, 15) is 9.90 Å². The van der Waals surface area contributed by atoms with Gasteiger partial charge in [-0.1, -0.05) is 6.07 Å². The zero-order valence-electron chi connectivity index (χ0n) is 14.6. The molecule has 0 amide bonds. The lowest BCUT2D eigenvalue weighted by Crippen LogP contribution is -2.65. The van der Waals surface area contributed by atoms with Gasteiger partial charge in [-0.2, -0.15) is 0 Å². The monoisotopic (exact) mass is 288 g/mol. The molecule has 110 valence electrons. The van der Waals surface area contributed by atoms with Crippen LogP contribution in [0.15, 0.2) is 12.1 Å². The molecule has 4 heteroatoms. The first-order valence-corrected chi connectivity index (χ1v) is 7.65. The van der Waals surface area contributed by atoms with Crippen molar-refractivity contribution in [2.45, 2.75) is 43.2 Å². The summed E-state index contributed by atoms with van der Waals surface area (Å²) in [6, 6.07) is 3.36. The second-order valence-corrected chi connectivity index (χ2v) is 6.81. The molecule has 2 aliphatic heterocycles. The van der Waals surface area contributed by atoms with Crippen LogP contribution in [0.5, 0.6) is 11.5 Å². The Kier molecular flexibility index (Phi) is 1.63. The van der Waals surface area contributed by atoms with Gasteiger partial charge in [0.2, 0.25) is 0 Å². The van der Waals surface area contributed by atoms with Crippen LogP contribution in [0, 0.1) is 5.92 Å². The number of rotatable bonds is 0. The predicted molar refractivity (Wildman–Crippen MR) is 76.7 cm³/mol. The molecule has 2 fully saturated rings. The van der Waals surface area contributed by atoms with Gasteiger partial charge in [0.05, 0.1) is 0 Å². The third kappa shape index (κ3) is 1.20. The second-order valence-electron chi connectivity index (χ2n) is 6.81. The minimum Gasteiger partial charge on any atom is -0.504 e. The Morgan fingerprint density at radius 3 is 3.29 bits per heavy atom. The molecule has 21 heavy (non-hydrogen) atoms. The molecule has 1 saturated carbocycles. The Hall–Kier alpha value is -1.55. The molecule has 1 saturated heterocycles. The highest BCUT2D eigenvalue weighted by molar-refractivity contribution is 5.89. The minimum atomic E-state index is -2.13. The molecule has 2 heterocycles. The summed E-state index contributed by atoms with van der Waals surface area (Å²) in [6.07, 6.45) is 1.78. The van der Waals surface area contributed by atoms with Crippen LogP contribution >= 0.6 is 0 Å². The number of ketones is 1. The SMILES string of the molecule is [2H]C([2H])([2H])N1CC[C@]23c4c5ccc(O)c4O[C@H]2C(=O)CC[C@H]3[C@H]1C5. The molecular weight excluding hydrogens is 266 g/mol. The summed E-state index contributed by atoms with van der Waals surface area (Å²) in [4.78, 5) is 14.2. The Balaban J connectivity index is 1.75. The fourth-order valence-corrected chi connectivity index (χ4v) is 5.33. The number of likely N-dealkylation sites (tertiary alicyclic amines) is 1. The number of benzene rings is 1. The molecule has 0 radical (unpaired) electrons. The normalized spacial score (nSPS) is 42.6. The van der Waals surface area contributed by atoms with E-state index in [0.717, 1.165) is 11.1 Å². The highest BCUT2D eigenvalue weighted by Crippen LogP contribution is 2.62. The van der Waals surface area contributed by atoms with Gasteiger partial charge in [-0.3, -0.25) is 4.79 Å². The number of carbonyl (C=O) groups excluding carboxylic acids is 1. The van der Waals surface area contributed by atoms with Gasteiger partial charge < -0.3 is 14.7 Å². The van der Waals surface area contributed by atoms with Gasteiger partial charge >= 0.3 is 0 Å². The molecule has 2 bridgehead atoms. The number of Topliss-reactive ketones (excluding diaryl/α,β-unsaturated/α-hetero) is 1. The maximum absolute atomic E-state index is 12.6. The van der Waals surface area contributed by atoms with Crippen LogP contribution < -0.4 is 4.74 Å². The topological polar surface area (TPSA) is 49.8 Å². The third-order valence-corrected chi connectivity index (χ3v) is 6.11. The van der Waals surface area contributed by atoms with E-state index in [0.29, 0.717) is 38.0 Å². The number of ether oxygens (including phenoxy) is 1. The number of nitrogens with zero attached hydrogens (tertiary/aromatic N) is 1. The molecule has 5 rings (SSSR count). The molecule has 0 unspecified atom stereocenters. The molecular formula is C17H19NO3. The van der Waals surface area contributed by atoms with Crippen LogP contribution in [0.3, 0.4) is 0 Å². The van der Waals surface area contributed by atoms with Crippen LogP contribution in [0.2, 0.25) is 0 Å². The lowest BCUT2D eigenvalue weighted by atomic mass is 9.52. The fourth-order valence-electron chi connectivity index (χ4n) is 5.33. The first kappa shape index (κ1) is 9.46. The number of likely N-dealkylation sites (N-methyl/N-ethyl adjacent to an activating group) is 1. The molecule has 4 atom stereocenters. The average molecular weight is 288 g/mol. The maximum Gasteiger partial charge on any atom is 0.174 e. The van der Waals surface area contributed by atoms with Crippen molar-refractivity contribution in [2.24, 2.45) is 5.92 Å². The summed E-state index contributed by atoms with van der Waals surface area (Å²) in [7, 11) is 0. The van der Waals surface area contributed by atoms with Gasteiger partial charge in [0.15, 0.2) is 23.4 Å². The summed E-state index contributed by atoms with van der Waals surface area (Å²) in [5.41, 5.74) is 1.55. The van der Waals surface area contributed by atoms with Crippen molar-refractivity contribution < 1.29 is 18.8 Å². The van der Waals surface area contributed by atoms with Crippen molar-refractivity contribution in [3.63, 3.8) is 0 Å². The summed E-state index contributed by atoms with van der Waals surface area (Å²) in [5, 5.41) is 10.2. The number of phenolic OH excluding ortho intramolecular Hbond substituents is 1. The van der Waals surface area contributed by atoms with Crippen LogP contribution in [-0.2, 0) is 16.6 Å². The zero-order chi connectivity index (χ0) is 16.9. The Bertz CT molecular complexity index is 762. The average Bonchev–Trinajstić information content (AvgIpc) is 2.85. The molecule has 2 aliphatic carbocycles. The van der Waals surface area contributed by atoms with E-state index in [2.05, 4.69) is 0 Å². The first-order valence-electron chi connectivity index (χ1n) is 9.15. The molecule has 0 aromatic heterocycles. The van der Waals surface area contributed by atoms with Gasteiger partial charge in [-0.05, 0) is 50.3 Å². The Morgan fingerprint density at radius 2 is 2.43 bits per heavy atom. The van der Waals surface area contributed by atoms with Crippen molar-refractivity contribution in [3.8, 4) is 11.5 Å². The maximum atomic E-state index is 12.6. The minimum absolute atomic E-state index is 0.0794. The van der Waals surface area contributed by atoms with E-state index in [1.165, 1.54) is 0 Å². The van der Waals surface area contributed by atoms with Crippen molar-refractivity contribution >= 4 is 5.78 Å². The molecule has 1 N–H and O–H groups in total. The van der Waals surface area contributed by atoms with Crippen LogP contribution in [0.1, 0.15) is 34.5 Å².